The lowest BCUT2D eigenvalue weighted by molar-refractivity contribution is 1.08. The predicted molar refractivity (Wildman–Crippen MR) is 193 cm³/mol. The Morgan fingerprint density at radius 1 is 0.447 bits per heavy atom. The smallest absolute Gasteiger partial charge is 0.138 e. The molecule has 47 heavy (non-hydrogen) atoms. The van der Waals surface area contributed by atoms with Crippen molar-refractivity contribution in [2.24, 2.45) is 0 Å². The first-order valence-electron chi connectivity index (χ1n) is 15.8. The standard InChI is InChI=1S/C42H27N5/c1-3-12-30(13-4-1)45-22-20-28-23-39-35(25-38(28)45)34-24-33-32-16-7-8-18-37(32)46(31-14-5-2-6-15-31)40(33)26-41(34)47(39)42-19-9-17-36(44-42)29-11-10-21-43-27-29/h1-27H. The summed E-state index contributed by atoms with van der Waals surface area (Å²) in [7, 11) is 0. The monoisotopic (exact) mass is 601 g/mol. The van der Waals surface area contributed by atoms with Crippen LogP contribution in [0.25, 0.3) is 83.0 Å². The number of rotatable bonds is 4. The summed E-state index contributed by atoms with van der Waals surface area (Å²) in [5.74, 6) is 0.870. The van der Waals surface area contributed by atoms with E-state index < -0.39 is 0 Å². The number of pyridine rings is 2. The third-order valence-electron chi connectivity index (χ3n) is 9.34. The van der Waals surface area contributed by atoms with Gasteiger partial charge < -0.3 is 9.13 Å². The van der Waals surface area contributed by atoms with Gasteiger partial charge >= 0.3 is 0 Å². The first-order chi connectivity index (χ1) is 23.3. The fourth-order valence-electron chi connectivity index (χ4n) is 7.24. The van der Waals surface area contributed by atoms with Crippen LogP contribution in [0.1, 0.15) is 0 Å². The molecular weight excluding hydrogens is 574 g/mol. The zero-order valence-electron chi connectivity index (χ0n) is 25.3. The third-order valence-corrected chi connectivity index (χ3v) is 9.34. The normalized spacial score (nSPS) is 11.8. The first-order valence-corrected chi connectivity index (χ1v) is 15.8. The lowest BCUT2D eigenvalue weighted by Gasteiger charge is -2.11. The van der Waals surface area contributed by atoms with Gasteiger partial charge in [-0.15, -0.1) is 0 Å². The van der Waals surface area contributed by atoms with Crippen molar-refractivity contribution in [1.82, 2.24) is 23.7 Å². The Bertz CT molecular complexity index is 2770. The van der Waals surface area contributed by atoms with Crippen molar-refractivity contribution in [3.8, 4) is 28.5 Å². The summed E-state index contributed by atoms with van der Waals surface area (Å²) in [6, 6.07) is 51.8. The first kappa shape index (κ1) is 25.8. The van der Waals surface area contributed by atoms with E-state index >= 15 is 0 Å². The summed E-state index contributed by atoms with van der Waals surface area (Å²) >= 11 is 0. The summed E-state index contributed by atoms with van der Waals surface area (Å²) < 4.78 is 6.99. The van der Waals surface area contributed by atoms with E-state index in [1.54, 1.807) is 6.20 Å². The number of para-hydroxylation sites is 3. The number of nitrogens with zero attached hydrogens (tertiary/aromatic N) is 5. The van der Waals surface area contributed by atoms with E-state index in [0.717, 1.165) is 45.0 Å². The van der Waals surface area contributed by atoms with Crippen LogP contribution in [0.3, 0.4) is 0 Å². The second-order valence-corrected chi connectivity index (χ2v) is 12.0. The molecule has 0 aliphatic rings. The molecule has 0 unspecified atom stereocenters. The fourth-order valence-corrected chi connectivity index (χ4v) is 7.24. The van der Waals surface area contributed by atoms with Gasteiger partial charge in [-0.25, -0.2) is 4.98 Å². The van der Waals surface area contributed by atoms with Gasteiger partial charge in [-0.1, -0.05) is 60.7 Å². The van der Waals surface area contributed by atoms with Gasteiger partial charge in [-0.05, 0) is 84.9 Å². The van der Waals surface area contributed by atoms with Crippen LogP contribution < -0.4 is 0 Å². The molecule has 0 radical (unpaired) electrons. The maximum absolute atomic E-state index is 5.23. The second-order valence-electron chi connectivity index (χ2n) is 12.0. The quantitative estimate of drug-likeness (QED) is 0.201. The van der Waals surface area contributed by atoms with Gasteiger partial charge in [-0.3, -0.25) is 9.55 Å². The Labute approximate surface area is 270 Å². The number of benzene rings is 5. The van der Waals surface area contributed by atoms with Gasteiger partial charge in [0.05, 0.1) is 33.3 Å². The molecule has 0 amide bonds. The molecule has 10 rings (SSSR count). The molecule has 0 aliphatic carbocycles. The molecule has 10 aromatic rings. The van der Waals surface area contributed by atoms with Gasteiger partial charge in [-0.2, -0.15) is 0 Å². The molecule has 0 saturated heterocycles. The van der Waals surface area contributed by atoms with Crippen molar-refractivity contribution in [3.63, 3.8) is 0 Å². The molecule has 0 fully saturated rings. The molecule has 5 heteroatoms. The van der Waals surface area contributed by atoms with Crippen LogP contribution >= 0.6 is 0 Å². The van der Waals surface area contributed by atoms with Crippen molar-refractivity contribution in [3.05, 3.63) is 164 Å². The summed E-state index contributed by atoms with van der Waals surface area (Å²) in [5, 5.41) is 6.03. The lowest BCUT2D eigenvalue weighted by atomic mass is 10.1. The summed E-state index contributed by atoms with van der Waals surface area (Å²) in [5.41, 5.74) is 9.92. The number of hydrogen-bond acceptors (Lipinski definition) is 2. The van der Waals surface area contributed by atoms with E-state index in [4.69, 9.17) is 4.98 Å². The molecule has 0 saturated carbocycles. The highest BCUT2D eigenvalue weighted by Crippen LogP contribution is 2.41. The van der Waals surface area contributed by atoms with Crippen LogP contribution in [0, 0.1) is 0 Å². The lowest BCUT2D eigenvalue weighted by Crippen LogP contribution is -1.99. The highest BCUT2D eigenvalue weighted by atomic mass is 15.1. The minimum Gasteiger partial charge on any atom is -0.317 e. The van der Waals surface area contributed by atoms with Crippen LogP contribution in [0.2, 0.25) is 0 Å². The van der Waals surface area contributed by atoms with E-state index in [1.807, 2.05) is 12.3 Å². The van der Waals surface area contributed by atoms with Crippen LogP contribution in [-0.4, -0.2) is 23.7 Å². The zero-order chi connectivity index (χ0) is 30.9. The molecule has 0 aliphatic heterocycles. The van der Waals surface area contributed by atoms with Crippen LogP contribution in [0.4, 0.5) is 0 Å². The van der Waals surface area contributed by atoms with Gasteiger partial charge in [0.2, 0.25) is 0 Å². The van der Waals surface area contributed by atoms with E-state index in [9.17, 15) is 0 Å². The maximum Gasteiger partial charge on any atom is 0.138 e. The topological polar surface area (TPSA) is 40.6 Å². The molecule has 0 bridgehead atoms. The van der Waals surface area contributed by atoms with Crippen molar-refractivity contribution in [2.45, 2.75) is 0 Å². The van der Waals surface area contributed by atoms with Crippen LogP contribution in [0.5, 0.6) is 0 Å². The average Bonchev–Trinajstić information content (AvgIpc) is 3.80. The highest BCUT2D eigenvalue weighted by molar-refractivity contribution is 6.20. The van der Waals surface area contributed by atoms with E-state index in [0.29, 0.717) is 0 Å². The van der Waals surface area contributed by atoms with E-state index in [-0.39, 0.29) is 0 Å². The Morgan fingerprint density at radius 3 is 2.00 bits per heavy atom. The largest absolute Gasteiger partial charge is 0.317 e. The van der Waals surface area contributed by atoms with Gasteiger partial charge in [0, 0.05) is 62.5 Å². The van der Waals surface area contributed by atoms with Crippen LogP contribution in [-0.2, 0) is 0 Å². The molecule has 5 aromatic carbocycles. The Kier molecular flexibility index (Phi) is 5.51. The van der Waals surface area contributed by atoms with Crippen molar-refractivity contribution < 1.29 is 0 Å². The molecular formula is C42H27N5. The summed E-state index contributed by atoms with van der Waals surface area (Å²) in [6.45, 7) is 0. The summed E-state index contributed by atoms with van der Waals surface area (Å²) in [4.78, 5) is 9.59. The molecule has 220 valence electrons. The summed E-state index contributed by atoms with van der Waals surface area (Å²) in [6.07, 6.45) is 5.83. The van der Waals surface area contributed by atoms with Crippen molar-refractivity contribution in [2.75, 3.05) is 0 Å². The molecule has 5 nitrogen and oxygen atoms in total. The number of aromatic nitrogens is 5. The second kappa shape index (κ2) is 10.0. The average molecular weight is 602 g/mol. The molecule has 5 aromatic heterocycles. The Balaban J connectivity index is 1.35. The van der Waals surface area contributed by atoms with Gasteiger partial charge in [0.15, 0.2) is 0 Å². The SMILES string of the molecule is c1ccc(-n2ccc3cc4c(cc32)c2cc3c5ccccc5n(-c5ccccc5)c3cc2n4-c2cccc(-c3cccnc3)n2)cc1. The fraction of sp³-hybridized carbons (Fsp3) is 0. The van der Waals surface area contributed by atoms with Crippen molar-refractivity contribution >= 4 is 54.5 Å². The zero-order valence-corrected chi connectivity index (χ0v) is 25.3. The maximum atomic E-state index is 5.23. The molecule has 0 spiro atoms. The number of hydrogen-bond donors (Lipinski definition) is 0. The highest BCUT2D eigenvalue weighted by Gasteiger charge is 2.20. The Hall–Kier alpha value is -6.46. The Morgan fingerprint density at radius 2 is 1.17 bits per heavy atom. The minimum absolute atomic E-state index is 0.870. The molecule has 0 N–H and O–H groups in total. The van der Waals surface area contributed by atoms with E-state index in [2.05, 4.69) is 164 Å². The molecule has 5 heterocycles. The minimum atomic E-state index is 0.870. The van der Waals surface area contributed by atoms with Gasteiger partial charge in [0.25, 0.3) is 0 Å². The molecule has 0 atom stereocenters. The van der Waals surface area contributed by atoms with E-state index in [1.165, 1.54) is 38.0 Å². The predicted octanol–water partition coefficient (Wildman–Crippen LogP) is 10.3. The van der Waals surface area contributed by atoms with Crippen LogP contribution in [0.15, 0.2) is 164 Å². The van der Waals surface area contributed by atoms with Crippen molar-refractivity contribution in [1.29, 1.82) is 0 Å². The van der Waals surface area contributed by atoms with Gasteiger partial charge in [0.1, 0.15) is 5.82 Å². The number of fused-ring (bicyclic) bond motifs is 7. The third kappa shape index (κ3) is 3.90.